The molecule has 1 aromatic carbocycles. The number of thioether (sulfide) groups is 1. The van der Waals surface area contributed by atoms with Crippen molar-refractivity contribution in [1.82, 2.24) is 0 Å². The molecule has 0 atom stereocenters. The topological polar surface area (TPSA) is 61.8 Å². The van der Waals surface area contributed by atoms with Gasteiger partial charge in [-0.1, -0.05) is 18.1 Å². The van der Waals surface area contributed by atoms with Crippen LogP contribution in [0, 0.1) is 0 Å². The highest BCUT2D eigenvalue weighted by Crippen LogP contribution is 2.31. The fourth-order valence-electron chi connectivity index (χ4n) is 2.03. The SMILES string of the molecule is CCCN(CC(F)(F)F)c1cccc(SC)c1/C(N)=N/O. The predicted octanol–water partition coefficient (Wildman–Crippen LogP) is 3.28. The van der Waals surface area contributed by atoms with Crippen LogP contribution in [0.1, 0.15) is 18.9 Å². The average molecular weight is 321 g/mol. The van der Waals surface area contributed by atoms with E-state index in [9.17, 15) is 13.2 Å². The van der Waals surface area contributed by atoms with Crippen LogP contribution in [0.25, 0.3) is 0 Å². The largest absolute Gasteiger partial charge is 0.409 e. The van der Waals surface area contributed by atoms with Gasteiger partial charge in [0.25, 0.3) is 0 Å². The number of nitrogens with two attached hydrogens (primary N) is 1. The van der Waals surface area contributed by atoms with Crippen molar-refractivity contribution in [1.29, 1.82) is 0 Å². The Morgan fingerprint density at radius 2 is 2.10 bits per heavy atom. The zero-order valence-electron chi connectivity index (χ0n) is 11.8. The maximum absolute atomic E-state index is 12.8. The van der Waals surface area contributed by atoms with Crippen LogP contribution in [0.5, 0.6) is 0 Å². The van der Waals surface area contributed by atoms with E-state index in [0.717, 1.165) is 0 Å². The summed E-state index contributed by atoms with van der Waals surface area (Å²) in [6.07, 6.45) is -2.00. The molecular formula is C13H18F3N3OS. The van der Waals surface area contributed by atoms with E-state index < -0.39 is 12.7 Å². The van der Waals surface area contributed by atoms with Crippen LogP contribution in [0.4, 0.5) is 18.9 Å². The van der Waals surface area contributed by atoms with Gasteiger partial charge in [0.05, 0.1) is 5.56 Å². The zero-order chi connectivity index (χ0) is 16.0. The van der Waals surface area contributed by atoms with Gasteiger partial charge in [0.1, 0.15) is 6.54 Å². The summed E-state index contributed by atoms with van der Waals surface area (Å²) in [4.78, 5) is 1.86. The number of alkyl halides is 3. The molecule has 0 fully saturated rings. The molecule has 118 valence electrons. The highest BCUT2D eigenvalue weighted by Gasteiger charge is 2.32. The van der Waals surface area contributed by atoms with Crippen LogP contribution in [-0.2, 0) is 0 Å². The van der Waals surface area contributed by atoms with Crippen molar-refractivity contribution >= 4 is 23.3 Å². The van der Waals surface area contributed by atoms with E-state index in [2.05, 4.69) is 5.16 Å². The van der Waals surface area contributed by atoms with Crippen molar-refractivity contribution in [3.05, 3.63) is 23.8 Å². The van der Waals surface area contributed by atoms with Crippen molar-refractivity contribution in [3.8, 4) is 0 Å². The minimum absolute atomic E-state index is 0.196. The van der Waals surface area contributed by atoms with E-state index >= 15 is 0 Å². The number of anilines is 1. The molecule has 0 amide bonds. The molecular weight excluding hydrogens is 303 g/mol. The molecule has 4 nitrogen and oxygen atoms in total. The number of hydrogen-bond acceptors (Lipinski definition) is 4. The first-order valence-electron chi connectivity index (χ1n) is 6.30. The molecule has 21 heavy (non-hydrogen) atoms. The number of benzene rings is 1. The first kappa shape index (κ1) is 17.5. The molecule has 0 saturated heterocycles. The summed E-state index contributed by atoms with van der Waals surface area (Å²) >= 11 is 1.33. The second kappa shape index (κ2) is 7.44. The molecule has 0 radical (unpaired) electrons. The zero-order valence-corrected chi connectivity index (χ0v) is 12.6. The lowest BCUT2D eigenvalue weighted by Crippen LogP contribution is -2.36. The molecule has 0 spiro atoms. The number of halogens is 3. The van der Waals surface area contributed by atoms with E-state index in [1.165, 1.54) is 16.7 Å². The Morgan fingerprint density at radius 1 is 1.43 bits per heavy atom. The molecule has 0 aliphatic heterocycles. The van der Waals surface area contributed by atoms with Crippen LogP contribution in [0.3, 0.4) is 0 Å². The molecule has 1 aromatic rings. The van der Waals surface area contributed by atoms with Gasteiger partial charge in [-0.2, -0.15) is 13.2 Å². The van der Waals surface area contributed by atoms with Crippen LogP contribution < -0.4 is 10.6 Å². The van der Waals surface area contributed by atoms with Crippen molar-refractivity contribution in [3.63, 3.8) is 0 Å². The average Bonchev–Trinajstić information content (AvgIpc) is 2.43. The summed E-state index contributed by atoms with van der Waals surface area (Å²) < 4.78 is 38.3. The third-order valence-corrected chi connectivity index (χ3v) is 3.57. The number of rotatable bonds is 6. The monoisotopic (exact) mass is 321 g/mol. The maximum Gasteiger partial charge on any atom is 0.405 e. The van der Waals surface area contributed by atoms with Crippen LogP contribution in [0.15, 0.2) is 28.3 Å². The lowest BCUT2D eigenvalue weighted by Gasteiger charge is -2.28. The molecule has 3 N–H and O–H groups in total. The van der Waals surface area contributed by atoms with Crippen molar-refractivity contribution in [2.24, 2.45) is 10.9 Å². The summed E-state index contributed by atoms with van der Waals surface area (Å²) in [5.41, 5.74) is 6.29. The molecule has 0 saturated carbocycles. The second-order valence-corrected chi connectivity index (χ2v) is 5.22. The molecule has 0 bridgehead atoms. The molecule has 0 aliphatic rings. The van der Waals surface area contributed by atoms with E-state index in [1.807, 2.05) is 0 Å². The number of hydrogen-bond donors (Lipinski definition) is 2. The fourth-order valence-corrected chi connectivity index (χ4v) is 2.66. The third-order valence-electron chi connectivity index (χ3n) is 2.79. The van der Waals surface area contributed by atoms with Gasteiger partial charge in [0, 0.05) is 17.1 Å². The summed E-state index contributed by atoms with van der Waals surface area (Å²) in [6.45, 7) is 0.943. The van der Waals surface area contributed by atoms with E-state index in [-0.39, 0.29) is 12.4 Å². The number of oxime groups is 1. The second-order valence-electron chi connectivity index (χ2n) is 4.38. The molecule has 1 rings (SSSR count). The Kier molecular flexibility index (Phi) is 6.19. The highest BCUT2D eigenvalue weighted by atomic mass is 32.2. The molecule has 8 heteroatoms. The molecule has 0 unspecified atom stereocenters. The molecule has 0 aliphatic carbocycles. The number of amidine groups is 1. The Morgan fingerprint density at radius 3 is 2.57 bits per heavy atom. The minimum Gasteiger partial charge on any atom is -0.409 e. The summed E-state index contributed by atoms with van der Waals surface area (Å²) in [5.74, 6) is -0.196. The van der Waals surface area contributed by atoms with Gasteiger partial charge < -0.3 is 15.8 Å². The van der Waals surface area contributed by atoms with Gasteiger partial charge in [-0.3, -0.25) is 0 Å². The Hall–Kier alpha value is -1.57. The maximum atomic E-state index is 12.8. The van der Waals surface area contributed by atoms with Gasteiger partial charge >= 0.3 is 6.18 Å². The lowest BCUT2D eigenvalue weighted by molar-refractivity contribution is -0.119. The van der Waals surface area contributed by atoms with Crippen molar-refractivity contribution in [2.45, 2.75) is 24.4 Å². The van der Waals surface area contributed by atoms with Gasteiger partial charge in [-0.15, -0.1) is 11.8 Å². The van der Waals surface area contributed by atoms with E-state index in [4.69, 9.17) is 10.9 Å². The van der Waals surface area contributed by atoms with E-state index in [0.29, 0.717) is 22.6 Å². The van der Waals surface area contributed by atoms with Gasteiger partial charge in [0.2, 0.25) is 0 Å². The lowest BCUT2D eigenvalue weighted by atomic mass is 10.1. The first-order chi connectivity index (χ1) is 9.84. The van der Waals surface area contributed by atoms with Gasteiger partial charge in [0.15, 0.2) is 5.84 Å². The molecule has 0 heterocycles. The quantitative estimate of drug-likeness (QED) is 0.277. The highest BCUT2D eigenvalue weighted by molar-refractivity contribution is 7.98. The van der Waals surface area contributed by atoms with Gasteiger partial charge in [-0.25, -0.2) is 0 Å². The van der Waals surface area contributed by atoms with Crippen LogP contribution in [0.2, 0.25) is 0 Å². The smallest absolute Gasteiger partial charge is 0.405 e. The van der Waals surface area contributed by atoms with Crippen LogP contribution >= 0.6 is 11.8 Å². The summed E-state index contributed by atoms with van der Waals surface area (Å²) in [5, 5.41) is 11.8. The van der Waals surface area contributed by atoms with Gasteiger partial charge in [-0.05, 0) is 24.8 Å². The predicted molar refractivity (Wildman–Crippen MR) is 79.3 cm³/mol. The summed E-state index contributed by atoms with van der Waals surface area (Å²) in [7, 11) is 0. The first-order valence-corrected chi connectivity index (χ1v) is 7.53. The number of nitrogens with zero attached hydrogens (tertiary/aromatic N) is 2. The summed E-state index contributed by atoms with van der Waals surface area (Å²) in [6, 6.07) is 4.93. The van der Waals surface area contributed by atoms with E-state index in [1.54, 1.807) is 31.4 Å². The Bertz CT molecular complexity index is 506. The molecule has 0 aromatic heterocycles. The fraction of sp³-hybridized carbons (Fsp3) is 0.462. The van der Waals surface area contributed by atoms with Crippen molar-refractivity contribution in [2.75, 3.05) is 24.2 Å². The Labute approximate surface area is 125 Å². The van der Waals surface area contributed by atoms with Crippen molar-refractivity contribution < 1.29 is 18.4 Å². The normalized spacial score (nSPS) is 12.5. The Balaban J connectivity index is 3.36. The third kappa shape index (κ3) is 4.73. The van der Waals surface area contributed by atoms with Crippen LogP contribution in [-0.4, -0.2) is 36.6 Å². The standard InChI is InChI=1S/C13H18F3N3OS/c1-3-7-19(8-13(14,15)16)9-5-4-6-10(21-2)11(9)12(17)18-20/h4-6,20H,3,7-8H2,1-2H3,(H2,17,18). The minimum atomic E-state index is -4.33.